The van der Waals surface area contributed by atoms with Crippen molar-refractivity contribution in [1.82, 2.24) is 10.3 Å². The van der Waals surface area contributed by atoms with Crippen molar-refractivity contribution in [3.05, 3.63) is 41.2 Å². The molecule has 0 bridgehead atoms. The van der Waals surface area contributed by atoms with E-state index in [4.69, 9.17) is 11.6 Å². The molecule has 1 aromatic heterocycles. The predicted molar refractivity (Wildman–Crippen MR) is 55.9 cm³/mol. The van der Waals surface area contributed by atoms with E-state index in [-0.39, 0.29) is 18.8 Å². The number of rotatable bonds is 4. The highest BCUT2D eigenvalue weighted by Crippen LogP contribution is 2.30. The summed E-state index contributed by atoms with van der Waals surface area (Å²) in [4.78, 5) is 3.69. The molecule has 0 aliphatic carbocycles. The Balaban J connectivity index is 2.76. The van der Waals surface area contributed by atoms with Gasteiger partial charge in [0.2, 0.25) is 0 Å². The summed E-state index contributed by atoms with van der Waals surface area (Å²) in [7, 11) is 0. The second kappa shape index (κ2) is 5.32. The first-order valence-corrected chi connectivity index (χ1v) is 4.84. The lowest BCUT2D eigenvalue weighted by molar-refractivity contribution is -0.138. The summed E-state index contributed by atoms with van der Waals surface area (Å²) in [5, 5.41) is 3.06. The molecular formula is C10H10ClF3N2. The van der Waals surface area contributed by atoms with E-state index in [2.05, 4.69) is 16.9 Å². The molecule has 88 valence electrons. The Morgan fingerprint density at radius 1 is 1.50 bits per heavy atom. The molecule has 0 saturated carbocycles. The molecule has 0 fully saturated rings. The third kappa shape index (κ3) is 3.83. The first-order valence-electron chi connectivity index (χ1n) is 4.46. The molecule has 1 N–H and O–H groups in total. The van der Waals surface area contributed by atoms with Crippen molar-refractivity contribution in [2.24, 2.45) is 0 Å². The van der Waals surface area contributed by atoms with Gasteiger partial charge in [-0.2, -0.15) is 13.2 Å². The Morgan fingerprint density at radius 3 is 2.75 bits per heavy atom. The van der Waals surface area contributed by atoms with Crippen LogP contribution in [0.3, 0.4) is 0 Å². The third-order valence-corrected chi connectivity index (χ3v) is 1.94. The van der Waals surface area contributed by atoms with Gasteiger partial charge < -0.3 is 5.32 Å². The Labute approximate surface area is 96.1 Å². The summed E-state index contributed by atoms with van der Waals surface area (Å²) in [5.74, 6) is 0. The van der Waals surface area contributed by atoms with Gasteiger partial charge in [-0.1, -0.05) is 18.2 Å². The van der Waals surface area contributed by atoms with Gasteiger partial charge in [0.15, 0.2) is 0 Å². The van der Waals surface area contributed by atoms with Crippen LogP contribution in [0.4, 0.5) is 13.2 Å². The van der Waals surface area contributed by atoms with Crippen LogP contribution in [0.5, 0.6) is 0 Å². The van der Waals surface area contributed by atoms with Crippen molar-refractivity contribution in [3.63, 3.8) is 0 Å². The second-order valence-electron chi connectivity index (χ2n) is 3.12. The number of alkyl halides is 3. The molecule has 1 rings (SSSR count). The lowest BCUT2D eigenvalue weighted by atomic mass is 10.2. The van der Waals surface area contributed by atoms with Crippen LogP contribution in [0, 0.1) is 0 Å². The van der Waals surface area contributed by atoms with Gasteiger partial charge in [0, 0.05) is 24.3 Å². The zero-order chi connectivity index (χ0) is 12.2. The number of hydrogen-bond acceptors (Lipinski definition) is 2. The molecule has 0 amide bonds. The molecule has 0 atom stereocenters. The van der Waals surface area contributed by atoms with E-state index in [0.29, 0.717) is 5.03 Å². The zero-order valence-corrected chi connectivity index (χ0v) is 9.07. The quantitative estimate of drug-likeness (QED) is 0.889. The first-order chi connectivity index (χ1) is 7.41. The van der Waals surface area contributed by atoms with Crippen LogP contribution in [-0.2, 0) is 12.7 Å². The van der Waals surface area contributed by atoms with E-state index < -0.39 is 11.7 Å². The minimum atomic E-state index is -4.39. The van der Waals surface area contributed by atoms with Crippen molar-refractivity contribution in [2.75, 3.05) is 6.54 Å². The molecule has 0 unspecified atom stereocenters. The van der Waals surface area contributed by atoms with Gasteiger partial charge in [0.25, 0.3) is 0 Å². The largest absolute Gasteiger partial charge is 0.418 e. The standard InChI is InChI=1S/C10H10ClF3N2/c1-7(11)5-15-6-9-8(10(12,13)14)3-2-4-16-9/h2-4,15H,1,5-6H2. The maximum absolute atomic E-state index is 12.5. The fraction of sp³-hybridized carbons (Fsp3) is 0.300. The van der Waals surface area contributed by atoms with E-state index >= 15 is 0 Å². The number of nitrogens with one attached hydrogen (secondary N) is 1. The summed E-state index contributed by atoms with van der Waals surface area (Å²) in [6.45, 7) is 3.66. The van der Waals surface area contributed by atoms with Gasteiger partial charge in [-0.25, -0.2) is 0 Å². The van der Waals surface area contributed by atoms with E-state index in [0.717, 1.165) is 6.07 Å². The number of aromatic nitrogens is 1. The van der Waals surface area contributed by atoms with E-state index in [1.54, 1.807) is 0 Å². The Morgan fingerprint density at radius 2 is 2.19 bits per heavy atom. The van der Waals surface area contributed by atoms with Gasteiger partial charge in [0.05, 0.1) is 11.3 Å². The minimum Gasteiger partial charge on any atom is -0.306 e. The highest BCUT2D eigenvalue weighted by molar-refractivity contribution is 6.29. The molecule has 1 aromatic rings. The van der Waals surface area contributed by atoms with Crippen molar-refractivity contribution >= 4 is 11.6 Å². The molecule has 6 heteroatoms. The lowest BCUT2D eigenvalue weighted by Crippen LogP contribution is -2.19. The molecule has 1 heterocycles. The van der Waals surface area contributed by atoms with Crippen LogP contribution in [0.25, 0.3) is 0 Å². The normalized spacial score (nSPS) is 11.5. The Hall–Kier alpha value is -1.07. The van der Waals surface area contributed by atoms with Crippen LogP contribution in [0.15, 0.2) is 29.9 Å². The van der Waals surface area contributed by atoms with Crippen molar-refractivity contribution < 1.29 is 13.2 Å². The summed E-state index contributed by atoms with van der Waals surface area (Å²) >= 11 is 5.47. The van der Waals surface area contributed by atoms with Crippen LogP contribution in [0.1, 0.15) is 11.3 Å². The van der Waals surface area contributed by atoms with Crippen molar-refractivity contribution in [2.45, 2.75) is 12.7 Å². The Kier molecular flexibility index (Phi) is 4.32. The number of halogens is 4. The SMILES string of the molecule is C=C(Cl)CNCc1ncccc1C(F)(F)F. The van der Waals surface area contributed by atoms with E-state index in [1.807, 2.05) is 0 Å². The van der Waals surface area contributed by atoms with Crippen LogP contribution < -0.4 is 5.32 Å². The van der Waals surface area contributed by atoms with Crippen LogP contribution in [0.2, 0.25) is 0 Å². The molecule has 0 aliphatic rings. The molecule has 0 aromatic carbocycles. The monoisotopic (exact) mass is 250 g/mol. The maximum Gasteiger partial charge on any atom is 0.418 e. The summed E-state index contributed by atoms with van der Waals surface area (Å²) in [5.41, 5.74) is -0.782. The minimum absolute atomic E-state index is 0.00141. The van der Waals surface area contributed by atoms with Gasteiger partial charge in [-0.05, 0) is 12.1 Å². The van der Waals surface area contributed by atoms with E-state index in [1.165, 1.54) is 12.3 Å². The molecule has 0 saturated heterocycles. The van der Waals surface area contributed by atoms with Gasteiger partial charge in [0.1, 0.15) is 0 Å². The zero-order valence-electron chi connectivity index (χ0n) is 8.31. The number of hydrogen-bond donors (Lipinski definition) is 1. The molecule has 2 nitrogen and oxygen atoms in total. The summed E-state index contributed by atoms with van der Waals surface area (Å²) < 4.78 is 37.6. The van der Waals surface area contributed by atoms with Crippen LogP contribution in [-0.4, -0.2) is 11.5 Å². The second-order valence-corrected chi connectivity index (χ2v) is 3.65. The van der Waals surface area contributed by atoms with Gasteiger partial charge in [-0.3, -0.25) is 4.98 Å². The third-order valence-electron chi connectivity index (χ3n) is 1.80. The lowest BCUT2D eigenvalue weighted by Gasteiger charge is -2.11. The fourth-order valence-corrected chi connectivity index (χ4v) is 1.25. The molecular weight excluding hydrogens is 241 g/mol. The average Bonchev–Trinajstić information content (AvgIpc) is 2.16. The predicted octanol–water partition coefficient (Wildman–Crippen LogP) is 2.94. The van der Waals surface area contributed by atoms with E-state index in [9.17, 15) is 13.2 Å². The maximum atomic E-state index is 12.5. The van der Waals surface area contributed by atoms with Crippen LogP contribution >= 0.6 is 11.6 Å². The molecule has 0 spiro atoms. The van der Waals surface area contributed by atoms with Crippen molar-refractivity contribution in [1.29, 1.82) is 0 Å². The number of pyridine rings is 1. The Bertz CT molecular complexity index is 377. The fourth-order valence-electron chi connectivity index (χ4n) is 1.15. The van der Waals surface area contributed by atoms with Gasteiger partial charge in [-0.15, -0.1) is 0 Å². The molecule has 0 radical (unpaired) electrons. The van der Waals surface area contributed by atoms with Crippen molar-refractivity contribution in [3.8, 4) is 0 Å². The van der Waals surface area contributed by atoms with Gasteiger partial charge >= 0.3 is 6.18 Å². The topological polar surface area (TPSA) is 24.9 Å². The highest BCUT2D eigenvalue weighted by Gasteiger charge is 2.33. The highest BCUT2D eigenvalue weighted by atomic mass is 35.5. The number of nitrogens with zero attached hydrogens (tertiary/aromatic N) is 1. The first kappa shape index (κ1) is 13.0. The summed E-state index contributed by atoms with van der Waals surface area (Å²) in [6, 6.07) is 2.26. The average molecular weight is 251 g/mol. The summed E-state index contributed by atoms with van der Waals surface area (Å²) in [6.07, 6.45) is -3.06. The smallest absolute Gasteiger partial charge is 0.306 e. The molecule has 16 heavy (non-hydrogen) atoms. The molecule has 0 aliphatic heterocycles.